The second-order valence-electron chi connectivity index (χ2n) is 12.1. The molecule has 1 amide bonds. The molecule has 2 fully saturated rings. The van der Waals surface area contributed by atoms with Crippen molar-refractivity contribution in [2.75, 3.05) is 69.2 Å². The van der Waals surface area contributed by atoms with Gasteiger partial charge in [-0.15, -0.1) is 0 Å². The monoisotopic (exact) mass is 615 g/mol. The van der Waals surface area contributed by atoms with Crippen molar-refractivity contribution in [1.29, 1.82) is 0 Å². The normalized spacial score (nSPS) is 15.8. The molecule has 11 nitrogen and oxygen atoms in total. The van der Waals surface area contributed by atoms with Crippen LogP contribution in [0.1, 0.15) is 26.4 Å². The molecule has 5 aromatic rings. The number of nitrogens with zero attached hydrogens (tertiary/aromatic N) is 9. The van der Waals surface area contributed by atoms with Gasteiger partial charge in [-0.2, -0.15) is 5.10 Å². The number of likely N-dealkylation sites (N-methyl/N-ethyl adjacent to an activating group) is 1. The van der Waals surface area contributed by atoms with E-state index >= 15 is 0 Å². The summed E-state index contributed by atoms with van der Waals surface area (Å²) in [5, 5.41) is 6.33. The number of aromatic nitrogens is 5. The lowest BCUT2D eigenvalue weighted by Gasteiger charge is -2.35. The number of hydrogen-bond donors (Lipinski definition) is 0. The molecule has 0 N–H and O–H groups in total. The van der Waals surface area contributed by atoms with Crippen LogP contribution in [0.25, 0.3) is 21.9 Å². The van der Waals surface area contributed by atoms with Gasteiger partial charge in [0, 0.05) is 106 Å². The fourth-order valence-corrected chi connectivity index (χ4v) is 6.12. The van der Waals surface area contributed by atoms with Gasteiger partial charge in [0.25, 0.3) is 5.91 Å². The van der Waals surface area contributed by atoms with E-state index < -0.39 is 0 Å². The number of amides is 1. The van der Waals surface area contributed by atoms with Crippen molar-refractivity contribution in [3.05, 3.63) is 96.3 Å². The first-order valence-electron chi connectivity index (χ1n) is 15.7. The number of carbonyl (C=O) groups excluding carboxylic acids is 2. The molecule has 4 aromatic heterocycles. The van der Waals surface area contributed by atoms with E-state index in [9.17, 15) is 9.59 Å². The number of piperazine rings is 2. The number of benzene rings is 1. The Morgan fingerprint density at radius 3 is 2.20 bits per heavy atom. The Bertz CT molecular complexity index is 1870. The zero-order chi connectivity index (χ0) is 31.6. The standard InChI is InChI=1S/C35H37N9O2/c1-40-9-11-42(12-10-40)33-6-5-28(22-38-33)35(46)44-15-13-43(14-16-44)34-19-26(7-8-36-34)32(45)20-31-18-29-17-25(3-4-27(29)21-37-31)30-23-39-41(2)24-30/h3-8,17-19,21-24H,9-16,20H2,1-2H3. The van der Waals surface area contributed by atoms with Gasteiger partial charge >= 0.3 is 0 Å². The molecular weight excluding hydrogens is 578 g/mol. The molecule has 6 heterocycles. The first-order valence-corrected chi connectivity index (χ1v) is 15.7. The van der Waals surface area contributed by atoms with Gasteiger partial charge in [-0.25, -0.2) is 9.97 Å². The lowest BCUT2D eigenvalue weighted by atomic mass is 10.0. The maximum atomic E-state index is 13.4. The summed E-state index contributed by atoms with van der Waals surface area (Å²) in [4.78, 5) is 48.9. The minimum atomic E-state index is -0.0137. The van der Waals surface area contributed by atoms with Gasteiger partial charge in [0.15, 0.2) is 5.78 Å². The average molecular weight is 616 g/mol. The highest BCUT2D eigenvalue weighted by Crippen LogP contribution is 2.25. The number of hydrogen-bond acceptors (Lipinski definition) is 9. The number of pyridine rings is 3. The highest BCUT2D eigenvalue weighted by Gasteiger charge is 2.24. The summed E-state index contributed by atoms with van der Waals surface area (Å²) in [6.45, 7) is 6.30. The van der Waals surface area contributed by atoms with E-state index in [4.69, 9.17) is 0 Å². The van der Waals surface area contributed by atoms with Gasteiger partial charge in [0.05, 0.1) is 18.2 Å². The Morgan fingerprint density at radius 1 is 0.674 bits per heavy atom. The molecule has 0 saturated carbocycles. The van der Waals surface area contributed by atoms with E-state index in [1.807, 2.05) is 60.9 Å². The van der Waals surface area contributed by atoms with Gasteiger partial charge in [0.1, 0.15) is 11.6 Å². The van der Waals surface area contributed by atoms with Crippen molar-refractivity contribution < 1.29 is 9.59 Å². The molecule has 0 unspecified atom stereocenters. The number of Topliss-reactive ketones (excluding diaryl/α,β-unsaturated/α-hetero) is 1. The van der Waals surface area contributed by atoms with Crippen LogP contribution in [0.2, 0.25) is 0 Å². The summed E-state index contributed by atoms with van der Waals surface area (Å²) >= 11 is 0. The zero-order valence-electron chi connectivity index (χ0n) is 26.2. The number of rotatable bonds is 7. The van der Waals surface area contributed by atoms with Crippen LogP contribution in [0.5, 0.6) is 0 Å². The molecule has 0 bridgehead atoms. The number of aryl methyl sites for hydroxylation is 1. The first-order chi connectivity index (χ1) is 22.4. The largest absolute Gasteiger partial charge is 0.354 e. The summed E-state index contributed by atoms with van der Waals surface area (Å²) in [6.07, 6.45) is 9.22. The van der Waals surface area contributed by atoms with E-state index in [2.05, 4.69) is 53.9 Å². The minimum absolute atomic E-state index is 0.00981. The lowest BCUT2D eigenvalue weighted by molar-refractivity contribution is 0.0746. The molecule has 234 valence electrons. The average Bonchev–Trinajstić information content (AvgIpc) is 3.54. The van der Waals surface area contributed by atoms with Crippen LogP contribution >= 0.6 is 0 Å². The number of fused-ring (bicyclic) bond motifs is 1. The van der Waals surface area contributed by atoms with Gasteiger partial charge in [-0.1, -0.05) is 12.1 Å². The Morgan fingerprint density at radius 2 is 1.46 bits per heavy atom. The van der Waals surface area contributed by atoms with Crippen molar-refractivity contribution >= 4 is 34.1 Å². The van der Waals surface area contributed by atoms with Gasteiger partial charge in [-0.3, -0.25) is 19.3 Å². The molecule has 2 aliphatic rings. The molecule has 11 heteroatoms. The molecule has 1 aromatic carbocycles. The van der Waals surface area contributed by atoms with Crippen LogP contribution in [-0.2, 0) is 13.5 Å². The van der Waals surface area contributed by atoms with Crippen LogP contribution in [0.4, 0.5) is 11.6 Å². The number of ketones is 1. The molecule has 46 heavy (non-hydrogen) atoms. The van der Waals surface area contributed by atoms with Crippen molar-refractivity contribution in [3.8, 4) is 11.1 Å². The third kappa shape index (κ3) is 6.32. The van der Waals surface area contributed by atoms with Crippen molar-refractivity contribution in [2.24, 2.45) is 7.05 Å². The number of carbonyl (C=O) groups is 2. The van der Waals surface area contributed by atoms with Gasteiger partial charge in [0.2, 0.25) is 0 Å². The molecule has 2 aliphatic heterocycles. The fourth-order valence-electron chi connectivity index (χ4n) is 6.12. The Balaban J connectivity index is 0.967. The molecule has 0 radical (unpaired) electrons. The van der Waals surface area contributed by atoms with E-state index in [-0.39, 0.29) is 18.1 Å². The Kier molecular flexibility index (Phi) is 8.15. The van der Waals surface area contributed by atoms with E-state index in [1.165, 1.54) is 0 Å². The second kappa shape index (κ2) is 12.7. The molecular formula is C35H37N9O2. The lowest BCUT2D eigenvalue weighted by Crippen LogP contribution is -2.49. The summed E-state index contributed by atoms with van der Waals surface area (Å²) in [5.74, 6) is 1.63. The van der Waals surface area contributed by atoms with Crippen molar-refractivity contribution in [1.82, 2.24) is 34.5 Å². The predicted molar refractivity (Wildman–Crippen MR) is 178 cm³/mol. The summed E-state index contributed by atoms with van der Waals surface area (Å²) < 4.78 is 1.78. The van der Waals surface area contributed by atoms with Crippen molar-refractivity contribution in [2.45, 2.75) is 6.42 Å². The third-order valence-electron chi connectivity index (χ3n) is 8.94. The highest BCUT2D eigenvalue weighted by molar-refractivity contribution is 5.98. The zero-order valence-corrected chi connectivity index (χ0v) is 26.2. The third-order valence-corrected chi connectivity index (χ3v) is 8.94. The smallest absolute Gasteiger partial charge is 0.255 e. The maximum absolute atomic E-state index is 13.4. The quantitative estimate of drug-likeness (QED) is 0.254. The first kappa shape index (κ1) is 29.5. The maximum Gasteiger partial charge on any atom is 0.255 e. The van der Waals surface area contributed by atoms with Gasteiger partial charge in [-0.05, 0) is 54.4 Å². The van der Waals surface area contributed by atoms with Crippen LogP contribution < -0.4 is 9.80 Å². The van der Waals surface area contributed by atoms with Crippen molar-refractivity contribution in [3.63, 3.8) is 0 Å². The number of anilines is 2. The van der Waals surface area contributed by atoms with E-state index in [0.29, 0.717) is 37.3 Å². The van der Waals surface area contributed by atoms with Crippen LogP contribution in [0, 0.1) is 0 Å². The van der Waals surface area contributed by atoms with Crippen LogP contribution in [-0.4, -0.2) is 106 Å². The Labute approximate surface area is 268 Å². The van der Waals surface area contributed by atoms with Crippen LogP contribution in [0.15, 0.2) is 79.5 Å². The molecule has 0 atom stereocenters. The topological polar surface area (TPSA) is 104 Å². The Hall–Kier alpha value is -5.16. The summed E-state index contributed by atoms with van der Waals surface area (Å²) in [5.41, 5.74) is 4.03. The van der Waals surface area contributed by atoms with Gasteiger partial charge < -0.3 is 19.6 Å². The second-order valence-corrected chi connectivity index (χ2v) is 12.1. The molecule has 0 aliphatic carbocycles. The van der Waals surface area contributed by atoms with E-state index in [0.717, 1.165) is 65.4 Å². The molecule has 7 rings (SSSR count). The molecule has 2 saturated heterocycles. The SMILES string of the molecule is CN1CCN(c2ccc(C(=O)N3CCN(c4cc(C(=O)Cc5cc6cc(-c7cnn(C)c7)ccc6cn5)ccn4)CC3)cn2)CC1. The summed E-state index contributed by atoms with van der Waals surface area (Å²) in [6, 6.07) is 15.6. The highest BCUT2D eigenvalue weighted by atomic mass is 16.2. The molecule has 0 spiro atoms. The summed E-state index contributed by atoms with van der Waals surface area (Å²) in [7, 11) is 4.03. The van der Waals surface area contributed by atoms with E-state index in [1.54, 1.807) is 23.1 Å². The van der Waals surface area contributed by atoms with Crippen LogP contribution in [0.3, 0.4) is 0 Å². The fraction of sp³-hybridized carbons (Fsp3) is 0.314. The minimum Gasteiger partial charge on any atom is -0.354 e. The predicted octanol–water partition coefficient (Wildman–Crippen LogP) is 3.56.